The Bertz CT molecular complexity index is 569. The minimum absolute atomic E-state index is 0.0116. The van der Waals surface area contributed by atoms with E-state index in [4.69, 9.17) is 12.2 Å². The van der Waals surface area contributed by atoms with Crippen LogP contribution in [0, 0.1) is 10.1 Å². The summed E-state index contributed by atoms with van der Waals surface area (Å²) in [7, 11) is 0. The van der Waals surface area contributed by atoms with Crippen LogP contribution in [0.25, 0.3) is 0 Å². The topological polar surface area (TPSA) is 84.3 Å². The molecule has 0 radical (unpaired) electrons. The molecule has 7 heteroatoms. The molecular weight excluding hydrogens is 302 g/mol. The molecule has 1 saturated carbocycles. The summed E-state index contributed by atoms with van der Waals surface area (Å²) < 4.78 is 0. The summed E-state index contributed by atoms with van der Waals surface area (Å²) in [4.78, 5) is 22.5. The van der Waals surface area contributed by atoms with Crippen molar-refractivity contribution in [1.82, 2.24) is 10.6 Å². The molecule has 1 aromatic carbocycles. The lowest BCUT2D eigenvalue weighted by Crippen LogP contribution is -2.44. The third kappa shape index (κ3) is 4.49. The van der Waals surface area contributed by atoms with E-state index in [0.29, 0.717) is 0 Å². The average molecular weight is 321 g/mol. The number of hydrogen-bond acceptors (Lipinski definition) is 4. The van der Waals surface area contributed by atoms with E-state index in [1.807, 2.05) is 0 Å². The molecule has 1 aliphatic rings. The second-order valence-electron chi connectivity index (χ2n) is 5.39. The predicted molar refractivity (Wildman–Crippen MR) is 87.8 cm³/mol. The van der Waals surface area contributed by atoms with E-state index >= 15 is 0 Å². The number of nitro groups is 1. The highest BCUT2D eigenvalue weighted by Gasteiger charge is 2.20. The van der Waals surface area contributed by atoms with Gasteiger partial charge in [-0.05, 0) is 31.1 Å². The van der Waals surface area contributed by atoms with Gasteiger partial charge in [0.15, 0.2) is 5.11 Å². The number of nitro benzene ring substituents is 1. The SMILES string of the molecule is O=C(NC(=S)NC1CCCCCC1)c1ccccc1[N+](=O)[O-]. The molecule has 0 aromatic heterocycles. The molecule has 0 heterocycles. The Kier molecular flexibility index (Phi) is 5.83. The summed E-state index contributed by atoms with van der Waals surface area (Å²) in [6.07, 6.45) is 6.82. The van der Waals surface area contributed by atoms with Crippen molar-refractivity contribution in [1.29, 1.82) is 0 Å². The van der Waals surface area contributed by atoms with Crippen molar-refractivity contribution in [2.24, 2.45) is 0 Å². The zero-order chi connectivity index (χ0) is 15.9. The number of carbonyl (C=O) groups is 1. The summed E-state index contributed by atoms with van der Waals surface area (Å²) in [6.45, 7) is 0. The number of thiocarbonyl (C=S) groups is 1. The van der Waals surface area contributed by atoms with Gasteiger partial charge in [-0.2, -0.15) is 0 Å². The first kappa shape index (κ1) is 16.4. The fraction of sp³-hybridized carbons (Fsp3) is 0.467. The van der Waals surface area contributed by atoms with Crippen LogP contribution < -0.4 is 10.6 Å². The van der Waals surface area contributed by atoms with Crippen LogP contribution in [0.5, 0.6) is 0 Å². The highest BCUT2D eigenvalue weighted by Crippen LogP contribution is 2.18. The number of carbonyl (C=O) groups excluding carboxylic acids is 1. The second-order valence-corrected chi connectivity index (χ2v) is 5.80. The van der Waals surface area contributed by atoms with E-state index in [2.05, 4.69) is 10.6 Å². The Morgan fingerprint density at radius 3 is 2.45 bits per heavy atom. The van der Waals surface area contributed by atoms with E-state index in [1.54, 1.807) is 6.07 Å². The maximum absolute atomic E-state index is 12.1. The van der Waals surface area contributed by atoms with Crippen LogP contribution >= 0.6 is 12.2 Å². The third-order valence-corrected chi connectivity index (χ3v) is 3.98. The molecular formula is C15H19N3O3S. The van der Waals surface area contributed by atoms with Gasteiger partial charge in [-0.25, -0.2) is 0 Å². The fourth-order valence-corrected chi connectivity index (χ4v) is 2.90. The number of nitrogens with zero attached hydrogens (tertiary/aromatic N) is 1. The van der Waals surface area contributed by atoms with Crippen LogP contribution in [-0.4, -0.2) is 22.0 Å². The number of para-hydroxylation sites is 1. The lowest BCUT2D eigenvalue weighted by molar-refractivity contribution is -0.385. The Morgan fingerprint density at radius 1 is 1.18 bits per heavy atom. The van der Waals surface area contributed by atoms with Crippen molar-refractivity contribution < 1.29 is 9.72 Å². The van der Waals surface area contributed by atoms with Gasteiger partial charge >= 0.3 is 0 Å². The molecule has 0 spiro atoms. The maximum Gasteiger partial charge on any atom is 0.282 e. The van der Waals surface area contributed by atoms with Crippen LogP contribution in [0.3, 0.4) is 0 Å². The standard InChI is InChI=1S/C15H19N3O3S/c19-14(12-9-5-6-10-13(12)18(20)21)17-15(22)16-11-7-3-1-2-4-8-11/h5-6,9-11H,1-4,7-8H2,(H2,16,17,19,22). The van der Waals surface area contributed by atoms with Crippen molar-refractivity contribution in [2.75, 3.05) is 0 Å². The van der Waals surface area contributed by atoms with Gasteiger partial charge in [0.2, 0.25) is 0 Å². The zero-order valence-corrected chi connectivity index (χ0v) is 13.0. The first-order chi connectivity index (χ1) is 10.6. The van der Waals surface area contributed by atoms with Gasteiger partial charge in [0, 0.05) is 12.1 Å². The minimum atomic E-state index is -0.573. The van der Waals surface area contributed by atoms with Gasteiger partial charge in [0.1, 0.15) is 5.56 Å². The molecule has 0 aliphatic heterocycles. The first-order valence-electron chi connectivity index (χ1n) is 7.43. The highest BCUT2D eigenvalue weighted by atomic mass is 32.1. The van der Waals surface area contributed by atoms with Crippen LogP contribution in [-0.2, 0) is 0 Å². The Hall–Kier alpha value is -2.02. The second kappa shape index (κ2) is 7.84. The van der Waals surface area contributed by atoms with Crippen molar-refractivity contribution in [2.45, 2.75) is 44.6 Å². The number of rotatable bonds is 3. The molecule has 1 amide bonds. The Labute approximate surface area is 134 Å². The molecule has 1 aromatic rings. The summed E-state index contributed by atoms with van der Waals surface area (Å²) >= 11 is 5.15. The van der Waals surface area contributed by atoms with E-state index in [0.717, 1.165) is 25.7 Å². The largest absolute Gasteiger partial charge is 0.360 e. The zero-order valence-electron chi connectivity index (χ0n) is 12.2. The number of amides is 1. The normalized spacial score (nSPS) is 15.6. The monoisotopic (exact) mass is 321 g/mol. The molecule has 1 aliphatic carbocycles. The van der Waals surface area contributed by atoms with Gasteiger partial charge in [-0.3, -0.25) is 20.2 Å². The van der Waals surface area contributed by atoms with Gasteiger partial charge < -0.3 is 5.32 Å². The summed E-state index contributed by atoms with van der Waals surface area (Å²) in [6, 6.07) is 6.10. The first-order valence-corrected chi connectivity index (χ1v) is 7.84. The molecule has 0 atom stereocenters. The van der Waals surface area contributed by atoms with Crippen LogP contribution in [0.4, 0.5) is 5.69 Å². The van der Waals surface area contributed by atoms with E-state index in [-0.39, 0.29) is 22.4 Å². The van der Waals surface area contributed by atoms with Crippen molar-refractivity contribution in [3.63, 3.8) is 0 Å². The number of nitrogens with one attached hydrogen (secondary N) is 2. The van der Waals surface area contributed by atoms with Gasteiger partial charge in [0.05, 0.1) is 4.92 Å². The number of benzene rings is 1. The molecule has 118 valence electrons. The lowest BCUT2D eigenvalue weighted by Gasteiger charge is -2.18. The van der Waals surface area contributed by atoms with Gasteiger partial charge in [-0.15, -0.1) is 0 Å². The van der Waals surface area contributed by atoms with Crippen LogP contribution in [0.2, 0.25) is 0 Å². The maximum atomic E-state index is 12.1. The quantitative estimate of drug-likeness (QED) is 0.387. The minimum Gasteiger partial charge on any atom is -0.360 e. The molecule has 6 nitrogen and oxygen atoms in total. The molecule has 0 bridgehead atoms. The third-order valence-electron chi connectivity index (χ3n) is 3.76. The number of hydrogen-bond donors (Lipinski definition) is 2. The Morgan fingerprint density at radius 2 is 1.82 bits per heavy atom. The average Bonchev–Trinajstić information content (AvgIpc) is 2.75. The van der Waals surface area contributed by atoms with E-state index in [9.17, 15) is 14.9 Å². The fourth-order valence-electron chi connectivity index (χ4n) is 2.64. The molecule has 2 rings (SSSR count). The van der Waals surface area contributed by atoms with Crippen molar-refractivity contribution >= 4 is 28.9 Å². The molecule has 1 fully saturated rings. The van der Waals surface area contributed by atoms with Crippen LogP contribution in [0.1, 0.15) is 48.9 Å². The smallest absolute Gasteiger partial charge is 0.282 e. The predicted octanol–water partition coefficient (Wildman–Crippen LogP) is 2.92. The van der Waals surface area contributed by atoms with Crippen LogP contribution in [0.15, 0.2) is 24.3 Å². The van der Waals surface area contributed by atoms with E-state index in [1.165, 1.54) is 31.0 Å². The van der Waals surface area contributed by atoms with Gasteiger partial charge in [0.25, 0.3) is 11.6 Å². The molecule has 2 N–H and O–H groups in total. The lowest BCUT2D eigenvalue weighted by atomic mass is 10.1. The van der Waals surface area contributed by atoms with Gasteiger partial charge in [-0.1, -0.05) is 37.8 Å². The van der Waals surface area contributed by atoms with E-state index < -0.39 is 10.8 Å². The Balaban J connectivity index is 1.96. The summed E-state index contributed by atoms with van der Waals surface area (Å²) in [5.41, 5.74) is -0.213. The highest BCUT2D eigenvalue weighted by molar-refractivity contribution is 7.80. The van der Waals surface area contributed by atoms with Crippen molar-refractivity contribution in [3.05, 3.63) is 39.9 Å². The van der Waals surface area contributed by atoms with Crippen molar-refractivity contribution in [3.8, 4) is 0 Å². The molecule has 0 saturated heterocycles. The molecule has 22 heavy (non-hydrogen) atoms. The summed E-state index contributed by atoms with van der Waals surface area (Å²) in [5.74, 6) is -0.557. The summed E-state index contributed by atoms with van der Waals surface area (Å²) in [5, 5.41) is 16.8. The molecule has 0 unspecified atom stereocenters.